The van der Waals surface area contributed by atoms with E-state index in [1.165, 1.54) is 0 Å². The number of benzene rings is 2. The van der Waals surface area contributed by atoms with Gasteiger partial charge in [0.25, 0.3) is 5.56 Å². The van der Waals surface area contributed by atoms with Crippen molar-refractivity contribution < 1.29 is 4.79 Å². The average molecular weight is 472 g/mol. The Hall–Kier alpha value is -3.45. The maximum absolute atomic E-state index is 13.5. The van der Waals surface area contributed by atoms with Crippen LogP contribution in [-0.2, 0) is 6.54 Å². The fraction of sp³-hybridized carbons (Fsp3) is 0.393. The van der Waals surface area contributed by atoms with Crippen LogP contribution in [0.3, 0.4) is 0 Å². The van der Waals surface area contributed by atoms with E-state index in [1.807, 2.05) is 58.3 Å². The zero-order chi connectivity index (χ0) is 24.2. The van der Waals surface area contributed by atoms with E-state index in [4.69, 9.17) is 5.73 Å². The molecule has 2 aliphatic heterocycles. The molecule has 35 heavy (non-hydrogen) atoms. The van der Waals surface area contributed by atoms with Gasteiger partial charge in [0.05, 0.1) is 18.1 Å². The maximum Gasteiger partial charge on any atom is 0.320 e. The highest BCUT2D eigenvalue weighted by Gasteiger charge is 2.35. The minimum atomic E-state index is -0.0345. The lowest BCUT2D eigenvalue weighted by molar-refractivity contribution is 0.0950. The Labute approximate surface area is 206 Å². The second kappa shape index (κ2) is 10.4. The number of nitrogens with zero attached hydrogens (tertiary/aromatic N) is 4. The molecule has 2 N–H and O–H groups in total. The summed E-state index contributed by atoms with van der Waals surface area (Å²) in [5.74, 6) is 0.348. The Morgan fingerprint density at radius 2 is 1.63 bits per heavy atom. The molecular weight excluding hydrogens is 438 g/mol. The summed E-state index contributed by atoms with van der Waals surface area (Å²) < 4.78 is 1.70. The van der Waals surface area contributed by atoms with Crippen LogP contribution in [0.15, 0.2) is 77.9 Å². The Morgan fingerprint density at radius 3 is 2.31 bits per heavy atom. The fourth-order valence-corrected chi connectivity index (χ4v) is 5.31. The smallest absolute Gasteiger partial charge is 0.320 e. The van der Waals surface area contributed by atoms with Crippen molar-refractivity contribution in [2.45, 2.75) is 44.3 Å². The van der Waals surface area contributed by atoms with Crippen molar-refractivity contribution in [1.82, 2.24) is 19.4 Å². The third-order valence-electron chi connectivity index (χ3n) is 7.36. The molecule has 2 aromatic carbocycles. The number of aromatic nitrogens is 2. The van der Waals surface area contributed by atoms with Gasteiger partial charge in [-0.3, -0.25) is 9.36 Å². The van der Waals surface area contributed by atoms with Crippen molar-refractivity contribution in [2.75, 3.05) is 19.6 Å². The molecule has 7 nitrogen and oxygen atoms in total. The van der Waals surface area contributed by atoms with Crippen LogP contribution in [0.4, 0.5) is 4.79 Å². The van der Waals surface area contributed by atoms with Gasteiger partial charge in [0, 0.05) is 43.9 Å². The van der Waals surface area contributed by atoms with Gasteiger partial charge in [-0.1, -0.05) is 60.7 Å². The minimum absolute atomic E-state index is 0.0259. The van der Waals surface area contributed by atoms with Gasteiger partial charge in [-0.25, -0.2) is 9.78 Å². The van der Waals surface area contributed by atoms with Crippen LogP contribution in [0.5, 0.6) is 0 Å². The predicted molar refractivity (Wildman–Crippen MR) is 137 cm³/mol. The fourth-order valence-electron chi connectivity index (χ4n) is 5.31. The van der Waals surface area contributed by atoms with Crippen molar-refractivity contribution >= 4 is 6.03 Å². The van der Waals surface area contributed by atoms with E-state index in [2.05, 4.69) is 17.1 Å². The summed E-state index contributed by atoms with van der Waals surface area (Å²) >= 11 is 0. The first-order valence-electron chi connectivity index (χ1n) is 12.6. The minimum Gasteiger partial charge on any atom is -0.328 e. The van der Waals surface area contributed by atoms with Crippen molar-refractivity contribution in [3.63, 3.8) is 0 Å². The molecule has 2 amide bonds. The largest absolute Gasteiger partial charge is 0.328 e. The van der Waals surface area contributed by atoms with Crippen molar-refractivity contribution in [2.24, 2.45) is 11.7 Å². The van der Waals surface area contributed by atoms with Gasteiger partial charge in [0.15, 0.2) is 0 Å². The van der Waals surface area contributed by atoms with Gasteiger partial charge < -0.3 is 15.5 Å². The molecule has 0 aliphatic carbocycles. The van der Waals surface area contributed by atoms with E-state index in [9.17, 15) is 9.59 Å². The Bertz CT molecular complexity index is 1190. The van der Waals surface area contributed by atoms with Gasteiger partial charge in [-0.2, -0.15) is 0 Å². The average Bonchev–Trinajstić information content (AvgIpc) is 2.91. The van der Waals surface area contributed by atoms with Crippen molar-refractivity contribution in [3.05, 3.63) is 89.0 Å². The number of carbonyl (C=O) groups is 1. The van der Waals surface area contributed by atoms with E-state index in [0.29, 0.717) is 37.8 Å². The summed E-state index contributed by atoms with van der Waals surface area (Å²) in [6.45, 7) is 2.73. The zero-order valence-corrected chi connectivity index (χ0v) is 20.0. The van der Waals surface area contributed by atoms with Crippen LogP contribution in [0.25, 0.3) is 11.3 Å². The first kappa shape index (κ1) is 23.3. The van der Waals surface area contributed by atoms with Crippen molar-refractivity contribution in [3.8, 4) is 11.3 Å². The molecule has 0 spiro atoms. The molecule has 2 aliphatic rings. The number of urea groups is 1. The summed E-state index contributed by atoms with van der Waals surface area (Å²) in [5.41, 5.74) is 9.02. The third-order valence-corrected chi connectivity index (χ3v) is 7.36. The lowest BCUT2D eigenvalue weighted by Crippen LogP contribution is -2.52. The lowest BCUT2D eigenvalue weighted by Gasteiger charge is -2.43. The molecule has 0 radical (unpaired) electrons. The summed E-state index contributed by atoms with van der Waals surface area (Å²) in [6.07, 6.45) is 5.04. The number of rotatable bonds is 4. The van der Waals surface area contributed by atoms with Crippen LogP contribution in [0.2, 0.25) is 0 Å². The standard InChI is InChI=1S/C28H33N5O2/c29-24-13-16-33(26(17-24)23-9-5-2-6-10-23)28(35)31-14-11-21(12-15-31)19-32-20-30-25(18-27(32)34)22-7-3-1-4-8-22/h1-10,18,20-21,24,26H,11-17,19,29H2/t24-,26+/m1/s1. The molecule has 3 heterocycles. The molecule has 0 unspecified atom stereocenters. The third kappa shape index (κ3) is 5.30. The molecule has 3 aromatic rings. The van der Waals surface area contributed by atoms with Gasteiger partial charge in [0.2, 0.25) is 0 Å². The Balaban J connectivity index is 1.20. The number of nitrogens with two attached hydrogens (primary N) is 1. The first-order valence-corrected chi connectivity index (χ1v) is 12.6. The van der Waals surface area contributed by atoms with E-state index in [1.54, 1.807) is 17.0 Å². The van der Waals surface area contributed by atoms with E-state index in [0.717, 1.165) is 36.8 Å². The first-order chi connectivity index (χ1) is 17.1. The summed E-state index contributed by atoms with van der Waals surface area (Å²) in [5, 5.41) is 0. The van der Waals surface area contributed by atoms with Gasteiger partial charge in [0.1, 0.15) is 0 Å². The van der Waals surface area contributed by atoms with E-state index >= 15 is 0 Å². The number of hydrogen-bond donors (Lipinski definition) is 1. The van der Waals surface area contributed by atoms with Crippen molar-refractivity contribution in [1.29, 1.82) is 0 Å². The number of amides is 2. The molecule has 0 saturated carbocycles. The highest BCUT2D eigenvalue weighted by Crippen LogP contribution is 2.32. The second-order valence-electron chi connectivity index (χ2n) is 9.75. The monoisotopic (exact) mass is 471 g/mol. The summed E-state index contributed by atoms with van der Waals surface area (Å²) in [7, 11) is 0. The summed E-state index contributed by atoms with van der Waals surface area (Å²) in [4.78, 5) is 34.7. The predicted octanol–water partition coefficient (Wildman–Crippen LogP) is 3.91. The maximum atomic E-state index is 13.5. The van der Waals surface area contributed by atoms with Gasteiger partial charge in [-0.15, -0.1) is 0 Å². The highest BCUT2D eigenvalue weighted by molar-refractivity contribution is 5.75. The quantitative estimate of drug-likeness (QED) is 0.625. The molecule has 0 bridgehead atoms. The number of carbonyl (C=O) groups excluding carboxylic acids is 1. The molecule has 182 valence electrons. The Morgan fingerprint density at radius 1 is 0.943 bits per heavy atom. The second-order valence-corrected chi connectivity index (χ2v) is 9.75. The number of piperidine rings is 2. The lowest BCUT2D eigenvalue weighted by atomic mass is 9.92. The zero-order valence-electron chi connectivity index (χ0n) is 20.0. The number of likely N-dealkylation sites (tertiary alicyclic amines) is 2. The number of hydrogen-bond acceptors (Lipinski definition) is 4. The van der Waals surface area contributed by atoms with Crippen LogP contribution < -0.4 is 11.3 Å². The molecule has 2 fully saturated rings. The van der Waals surface area contributed by atoms with E-state index in [-0.39, 0.29) is 23.7 Å². The molecule has 2 saturated heterocycles. The molecule has 5 rings (SSSR count). The molecular formula is C28H33N5O2. The highest BCUT2D eigenvalue weighted by atomic mass is 16.2. The summed E-state index contributed by atoms with van der Waals surface area (Å²) in [6, 6.07) is 21.8. The van der Waals surface area contributed by atoms with Gasteiger partial charge in [-0.05, 0) is 37.2 Å². The van der Waals surface area contributed by atoms with Gasteiger partial charge >= 0.3 is 6.03 Å². The van der Waals surface area contributed by atoms with Crippen LogP contribution in [0, 0.1) is 5.92 Å². The SMILES string of the molecule is N[C@@H]1CCN(C(=O)N2CCC(Cn3cnc(-c4ccccc4)cc3=O)CC2)[C@H](c2ccccc2)C1. The van der Waals surface area contributed by atoms with Crippen LogP contribution in [-0.4, -0.2) is 51.1 Å². The molecule has 2 atom stereocenters. The molecule has 7 heteroatoms. The van der Waals surface area contributed by atoms with E-state index < -0.39 is 0 Å². The topological polar surface area (TPSA) is 84.5 Å². The van der Waals surface area contributed by atoms with Crippen LogP contribution >= 0.6 is 0 Å². The molecule has 1 aromatic heterocycles. The Kier molecular flexibility index (Phi) is 6.95. The van der Waals surface area contributed by atoms with Crippen LogP contribution in [0.1, 0.15) is 37.3 Å². The normalized spacial score (nSPS) is 21.2.